The van der Waals surface area contributed by atoms with Gasteiger partial charge in [0, 0.05) is 12.6 Å². The molecule has 4 aromatic rings. The fraction of sp³-hybridized carbons (Fsp3) is 0.0400. The Hall–Kier alpha value is -3.52. The highest BCUT2D eigenvalue weighted by Crippen LogP contribution is 2.34. The molecule has 4 rings (SSSR count). The predicted octanol–water partition coefficient (Wildman–Crippen LogP) is 5.84. The SMILES string of the molecule is O=C(Cc1ccccc1-c1ccccc1-c1ccccc1)c1ccccn1. The van der Waals surface area contributed by atoms with E-state index in [4.69, 9.17) is 0 Å². The summed E-state index contributed by atoms with van der Waals surface area (Å²) < 4.78 is 0. The quantitative estimate of drug-likeness (QED) is 0.424. The Balaban J connectivity index is 1.76. The van der Waals surface area contributed by atoms with Gasteiger partial charge in [0.1, 0.15) is 5.69 Å². The van der Waals surface area contributed by atoms with Crippen LogP contribution >= 0.6 is 0 Å². The van der Waals surface area contributed by atoms with Crippen molar-refractivity contribution in [3.05, 3.63) is 115 Å². The van der Waals surface area contributed by atoms with E-state index in [1.807, 2.05) is 60.7 Å². The van der Waals surface area contributed by atoms with Gasteiger partial charge in [-0.3, -0.25) is 9.78 Å². The van der Waals surface area contributed by atoms with Gasteiger partial charge < -0.3 is 0 Å². The number of benzene rings is 3. The molecule has 0 bridgehead atoms. The fourth-order valence-corrected chi connectivity index (χ4v) is 3.32. The number of Topliss-reactive ketones (excluding diaryl/α,β-unsaturated/α-hetero) is 1. The Labute approximate surface area is 159 Å². The Bertz CT molecular complexity index is 1060. The van der Waals surface area contributed by atoms with Crippen LogP contribution in [0.25, 0.3) is 22.3 Å². The van der Waals surface area contributed by atoms with Crippen LogP contribution in [0, 0.1) is 0 Å². The molecule has 0 aliphatic heterocycles. The second-order valence-electron chi connectivity index (χ2n) is 6.38. The van der Waals surface area contributed by atoms with Crippen LogP contribution in [0.3, 0.4) is 0 Å². The lowest BCUT2D eigenvalue weighted by atomic mass is 9.90. The zero-order valence-electron chi connectivity index (χ0n) is 14.9. The Morgan fingerprint density at radius 3 is 2.00 bits per heavy atom. The number of aromatic nitrogens is 1. The van der Waals surface area contributed by atoms with Crippen LogP contribution in [0.4, 0.5) is 0 Å². The summed E-state index contributed by atoms with van der Waals surface area (Å²) in [7, 11) is 0. The number of hydrogen-bond acceptors (Lipinski definition) is 2. The first-order valence-corrected chi connectivity index (χ1v) is 9.00. The maximum Gasteiger partial charge on any atom is 0.185 e. The maximum atomic E-state index is 12.7. The van der Waals surface area contributed by atoms with Gasteiger partial charge in [-0.2, -0.15) is 0 Å². The highest BCUT2D eigenvalue weighted by Gasteiger charge is 2.14. The highest BCUT2D eigenvalue weighted by molar-refractivity contribution is 5.97. The molecular formula is C25H19NO. The molecule has 0 aliphatic carbocycles. The van der Waals surface area contributed by atoms with Crippen molar-refractivity contribution in [2.75, 3.05) is 0 Å². The van der Waals surface area contributed by atoms with E-state index < -0.39 is 0 Å². The number of nitrogens with zero attached hydrogens (tertiary/aromatic N) is 1. The zero-order chi connectivity index (χ0) is 18.5. The second kappa shape index (κ2) is 7.79. The first kappa shape index (κ1) is 16.9. The molecule has 0 aliphatic rings. The fourth-order valence-electron chi connectivity index (χ4n) is 3.32. The highest BCUT2D eigenvalue weighted by atomic mass is 16.1. The van der Waals surface area contributed by atoms with Gasteiger partial charge in [0.15, 0.2) is 5.78 Å². The maximum absolute atomic E-state index is 12.7. The van der Waals surface area contributed by atoms with E-state index in [-0.39, 0.29) is 5.78 Å². The van der Waals surface area contributed by atoms with Gasteiger partial charge in [0.2, 0.25) is 0 Å². The normalized spacial score (nSPS) is 10.5. The average molecular weight is 349 g/mol. The second-order valence-corrected chi connectivity index (χ2v) is 6.38. The zero-order valence-corrected chi connectivity index (χ0v) is 14.9. The van der Waals surface area contributed by atoms with Crippen LogP contribution < -0.4 is 0 Å². The lowest BCUT2D eigenvalue weighted by Crippen LogP contribution is -2.06. The molecule has 2 nitrogen and oxygen atoms in total. The summed E-state index contributed by atoms with van der Waals surface area (Å²) in [6.07, 6.45) is 1.99. The third-order valence-electron chi connectivity index (χ3n) is 4.62. The predicted molar refractivity (Wildman–Crippen MR) is 110 cm³/mol. The molecule has 2 heteroatoms. The van der Waals surface area contributed by atoms with Crippen molar-refractivity contribution in [1.82, 2.24) is 4.98 Å². The van der Waals surface area contributed by atoms with Crippen molar-refractivity contribution in [1.29, 1.82) is 0 Å². The summed E-state index contributed by atoms with van der Waals surface area (Å²) in [5.74, 6) is 0.0280. The van der Waals surface area contributed by atoms with Crippen LogP contribution in [-0.4, -0.2) is 10.8 Å². The minimum atomic E-state index is 0.0280. The van der Waals surface area contributed by atoms with Crippen molar-refractivity contribution >= 4 is 5.78 Å². The number of carbonyl (C=O) groups is 1. The lowest BCUT2D eigenvalue weighted by molar-refractivity contribution is 0.0988. The van der Waals surface area contributed by atoms with E-state index in [0.717, 1.165) is 22.3 Å². The summed E-state index contributed by atoms with van der Waals surface area (Å²) in [4.78, 5) is 16.9. The molecular weight excluding hydrogens is 330 g/mol. The summed E-state index contributed by atoms with van der Waals surface area (Å²) in [6, 6.07) is 32.2. The van der Waals surface area contributed by atoms with Crippen molar-refractivity contribution < 1.29 is 4.79 Å². The number of hydrogen-bond donors (Lipinski definition) is 0. The topological polar surface area (TPSA) is 30.0 Å². The third-order valence-corrected chi connectivity index (χ3v) is 4.62. The number of ketones is 1. The van der Waals surface area contributed by atoms with Crippen LogP contribution in [0.15, 0.2) is 103 Å². The van der Waals surface area contributed by atoms with Gasteiger partial charge in [0.05, 0.1) is 0 Å². The lowest BCUT2D eigenvalue weighted by Gasteiger charge is -2.14. The van der Waals surface area contributed by atoms with Crippen LogP contribution in [0.5, 0.6) is 0 Å². The van der Waals surface area contributed by atoms with E-state index in [2.05, 4.69) is 35.3 Å². The van der Waals surface area contributed by atoms with Crippen LogP contribution in [0.2, 0.25) is 0 Å². The van der Waals surface area contributed by atoms with E-state index in [1.54, 1.807) is 12.3 Å². The van der Waals surface area contributed by atoms with Gasteiger partial charge >= 0.3 is 0 Å². The molecule has 0 saturated carbocycles. The van der Waals surface area contributed by atoms with E-state index in [1.165, 1.54) is 5.56 Å². The van der Waals surface area contributed by atoms with Crippen LogP contribution in [0.1, 0.15) is 16.1 Å². The molecule has 27 heavy (non-hydrogen) atoms. The average Bonchev–Trinajstić information content (AvgIpc) is 2.75. The Morgan fingerprint density at radius 2 is 1.26 bits per heavy atom. The molecule has 0 amide bonds. The molecule has 0 atom stereocenters. The van der Waals surface area contributed by atoms with Gasteiger partial charge in [-0.1, -0.05) is 84.9 Å². The van der Waals surface area contributed by atoms with Crippen molar-refractivity contribution in [3.8, 4) is 22.3 Å². The minimum absolute atomic E-state index is 0.0280. The monoisotopic (exact) mass is 349 g/mol. The van der Waals surface area contributed by atoms with Crippen molar-refractivity contribution in [3.63, 3.8) is 0 Å². The van der Waals surface area contributed by atoms with Crippen molar-refractivity contribution in [2.24, 2.45) is 0 Å². The molecule has 0 saturated heterocycles. The first-order chi connectivity index (χ1) is 13.3. The third kappa shape index (κ3) is 3.70. The first-order valence-electron chi connectivity index (χ1n) is 9.00. The van der Waals surface area contributed by atoms with Gasteiger partial charge in [-0.05, 0) is 39.9 Å². The molecule has 0 fully saturated rings. The smallest absolute Gasteiger partial charge is 0.185 e. The summed E-state index contributed by atoms with van der Waals surface area (Å²) in [6.45, 7) is 0. The van der Waals surface area contributed by atoms with Gasteiger partial charge in [0.25, 0.3) is 0 Å². The van der Waals surface area contributed by atoms with Gasteiger partial charge in [-0.15, -0.1) is 0 Å². The molecule has 3 aromatic carbocycles. The Morgan fingerprint density at radius 1 is 0.630 bits per heavy atom. The van der Waals surface area contributed by atoms with E-state index in [0.29, 0.717) is 12.1 Å². The number of carbonyl (C=O) groups excluding carboxylic acids is 1. The molecule has 0 spiro atoms. The summed E-state index contributed by atoms with van der Waals surface area (Å²) >= 11 is 0. The molecule has 130 valence electrons. The number of pyridine rings is 1. The standard InChI is InChI=1S/C25H19NO/c27-25(24-16-8-9-17-26-24)18-20-12-4-5-14-22(20)23-15-7-6-13-21(23)19-10-2-1-3-11-19/h1-17H,18H2. The Kier molecular flexibility index (Phi) is 4.88. The molecule has 1 aromatic heterocycles. The van der Waals surface area contributed by atoms with Gasteiger partial charge in [-0.25, -0.2) is 0 Å². The summed E-state index contributed by atoms with van der Waals surface area (Å²) in [5, 5.41) is 0. The van der Waals surface area contributed by atoms with E-state index >= 15 is 0 Å². The summed E-state index contributed by atoms with van der Waals surface area (Å²) in [5.41, 5.74) is 6.06. The van der Waals surface area contributed by atoms with Crippen LogP contribution in [-0.2, 0) is 6.42 Å². The number of rotatable bonds is 5. The largest absolute Gasteiger partial charge is 0.292 e. The molecule has 0 radical (unpaired) electrons. The minimum Gasteiger partial charge on any atom is -0.292 e. The molecule has 0 unspecified atom stereocenters. The molecule has 0 N–H and O–H groups in total. The molecule has 1 heterocycles. The van der Waals surface area contributed by atoms with Crippen molar-refractivity contribution in [2.45, 2.75) is 6.42 Å². The van der Waals surface area contributed by atoms with E-state index in [9.17, 15) is 4.79 Å².